The first-order valence-electron chi connectivity index (χ1n) is 8.92. The molecule has 1 amide bonds. The third-order valence-corrected chi connectivity index (χ3v) is 7.01. The lowest BCUT2D eigenvalue weighted by atomic mass is 10.2. The molecule has 29 heavy (non-hydrogen) atoms. The molecule has 1 aliphatic heterocycles. The number of hydrogen-bond donors (Lipinski definition) is 2. The van der Waals surface area contributed by atoms with Crippen molar-refractivity contribution in [2.24, 2.45) is 0 Å². The SMILES string of the molecule is O=C(Nc1ccc(S(=O)(=O)NCC(c2cccs2)N2CCCC2)cc1)C(F)(F)F. The summed E-state index contributed by atoms with van der Waals surface area (Å²) in [6.45, 7) is 1.99. The van der Waals surface area contributed by atoms with Crippen molar-refractivity contribution in [2.45, 2.75) is 30.0 Å². The molecule has 6 nitrogen and oxygen atoms in total. The van der Waals surface area contributed by atoms with Crippen molar-refractivity contribution in [2.75, 3.05) is 25.0 Å². The van der Waals surface area contributed by atoms with Gasteiger partial charge in [-0.1, -0.05) is 6.07 Å². The van der Waals surface area contributed by atoms with Crippen LogP contribution in [0.15, 0.2) is 46.7 Å². The van der Waals surface area contributed by atoms with Crippen molar-refractivity contribution >= 4 is 33.0 Å². The molecule has 11 heteroatoms. The lowest BCUT2D eigenvalue weighted by Gasteiger charge is -2.26. The number of carbonyl (C=O) groups excluding carboxylic acids is 1. The second-order valence-corrected chi connectivity index (χ2v) is 9.35. The summed E-state index contributed by atoms with van der Waals surface area (Å²) >= 11 is 1.57. The second kappa shape index (κ2) is 8.82. The zero-order valence-electron chi connectivity index (χ0n) is 15.3. The molecule has 1 aromatic carbocycles. The molecule has 0 spiro atoms. The third kappa shape index (κ3) is 5.56. The van der Waals surface area contributed by atoms with Crippen LogP contribution < -0.4 is 10.0 Å². The second-order valence-electron chi connectivity index (χ2n) is 6.60. The predicted molar refractivity (Wildman–Crippen MR) is 104 cm³/mol. The average molecular weight is 448 g/mol. The van der Waals surface area contributed by atoms with Gasteiger partial charge in [-0.3, -0.25) is 9.69 Å². The fourth-order valence-electron chi connectivity index (χ4n) is 3.14. The number of halogens is 3. The van der Waals surface area contributed by atoms with Gasteiger partial charge in [-0.25, -0.2) is 13.1 Å². The third-order valence-electron chi connectivity index (χ3n) is 4.60. The Balaban J connectivity index is 1.67. The van der Waals surface area contributed by atoms with Crippen LogP contribution in [0.5, 0.6) is 0 Å². The minimum Gasteiger partial charge on any atom is -0.318 e. The van der Waals surface area contributed by atoms with E-state index in [2.05, 4.69) is 9.62 Å². The largest absolute Gasteiger partial charge is 0.471 e. The normalized spacial score (nSPS) is 16.7. The molecule has 2 N–H and O–H groups in total. The molecular formula is C18H20F3N3O3S2. The van der Waals surface area contributed by atoms with Crippen LogP contribution in [-0.2, 0) is 14.8 Å². The molecule has 2 heterocycles. The molecule has 1 aromatic heterocycles. The fraction of sp³-hybridized carbons (Fsp3) is 0.389. The lowest BCUT2D eigenvalue weighted by molar-refractivity contribution is -0.167. The van der Waals surface area contributed by atoms with Gasteiger partial charge in [0.05, 0.1) is 10.9 Å². The molecule has 1 saturated heterocycles. The average Bonchev–Trinajstić information content (AvgIpc) is 3.36. The van der Waals surface area contributed by atoms with Gasteiger partial charge in [0.1, 0.15) is 0 Å². The summed E-state index contributed by atoms with van der Waals surface area (Å²) in [5.74, 6) is -2.12. The summed E-state index contributed by atoms with van der Waals surface area (Å²) in [4.78, 5) is 14.2. The number of benzene rings is 1. The molecule has 158 valence electrons. The molecule has 1 atom stereocenters. The van der Waals surface area contributed by atoms with Crippen LogP contribution in [0.25, 0.3) is 0 Å². The van der Waals surface area contributed by atoms with Gasteiger partial charge >= 0.3 is 12.1 Å². The summed E-state index contributed by atoms with van der Waals surface area (Å²) < 4.78 is 64.7. The molecule has 0 bridgehead atoms. The summed E-state index contributed by atoms with van der Waals surface area (Å²) in [7, 11) is -3.86. The highest BCUT2D eigenvalue weighted by Crippen LogP contribution is 2.28. The van der Waals surface area contributed by atoms with Crippen LogP contribution in [0.4, 0.5) is 18.9 Å². The number of nitrogens with zero attached hydrogens (tertiary/aromatic N) is 1. The standard InChI is InChI=1S/C18H20F3N3O3S2/c19-18(20,21)17(25)23-13-5-7-14(8-6-13)29(26,27)22-12-15(16-4-3-11-28-16)24-9-1-2-10-24/h3-8,11,15,22H,1-2,9-10,12H2,(H,23,25). The van der Waals surface area contributed by atoms with Crippen LogP contribution in [0.2, 0.25) is 0 Å². The smallest absolute Gasteiger partial charge is 0.318 e. The highest BCUT2D eigenvalue weighted by molar-refractivity contribution is 7.89. The van der Waals surface area contributed by atoms with E-state index in [0.717, 1.165) is 55.1 Å². The van der Waals surface area contributed by atoms with E-state index in [0.29, 0.717) is 0 Å². The number of anilines is 1. The predicted octanol–water partition coefficient (Wildman–Crippen LogP) is 3.36. The van der Waals surface area contributed by atoms with Crippen molar-refractivity contribution in [1.82, 2.24) is 9.62 Å². The van der Waals surface area contributed by atoms with Crippen molar-refractivity contribution in [1.29, 1.82) is 0 Å². The van der Waals surface area contributed by atoms with Gasteiger partial charge in [0.2, 0.25) is 10.0 Å². The van der Waals surface area contributed by atoms with E-state index in [9.17, 15) is 26.4 Å². The highest BCUT2D eigenvalue weighted by atomic mass is 32.2. The molecule has 2 aromatic rings. The molecule has 0 radical (unpaired) electrons. The van der Waals surface area contributed by atoms with Gasteiger partial charge in [-0.05, 0) is 61.6 Å². The number of amides is 1. The van der Waals surface area contributed by atoms with E-state index in [4.69, 9.17) is 0 Å². The zero-order chi connectivity index (χ0) is 21.1. The molecule has 3 rings (SSSR count). The molecule has 0 aliphatic carbocycles. The van der Waals surface area contributed by atoms with Gasteiger partial charge in [0, 0.05) is 17.1 Å². The number of likely N-dealkylation sites (tertiary alicyclic amines) is 1. The van der Waals surface area contributed by atoms with E-state index in [1.165, 1.54) is 0 Å². The molecule has 1 unspecified atom stereocenters. The Morgan fingerprint density at radius 1 is 1.14 bits per heavy atom. The highest BCUT2D eigenvalue weighted by Gasteiger charge is 2.38. The Morgan fingerprint density at radius 3 is 2.34 bits per heavy atom. The summed E-state index contributed by atoms with van der Waals surface area (Å²) in [6, 6.07) is 8.38. The quantitative estimate of drug-likeness (QED) is 0.682. The minimum absolute atomic E-state index is 0.0716. The number of hydrogen-bond acceptors (Lipinski definition) is 5. The number of thiophene rings is 1. The van der Waals surface area contributed by atoms with Crippen LogP contribution in [0.3, 0.4) is 0 Å². The van der Waals surface area contributed by atoms with Gasteiger partial charge in [-0.15, -0.1) is 11.3 Å². The monoisotopic (exact) mass is 447 g/mol. The fourth-order valence-corrected chi connectivity index (χ4v) is 5.03. The Kier molecular flexibility index (Phi) is 6.62. The summed E-state index contributed by atoms with van der Waals surface area (Å²) in [5.41, 5.74) is -0.139. The number of alkyl halides is 3. The Bertz CT molecular complexity index is 924. The maximum absolute atomic E-state index is 12.6. The minimum atomic E-state index is -5.02. The van der Waals surface area contributed by atoms with Crippen LogP contribution in [0.1, 0.15) is 23.8 Å². The van der Waals surface area contributed by atoms with E-state index in [1.807, 2.05) is 17.5 Å². The summed E-state index contributed by atoms with van der Waals surface area (Å²) in [6.07, 6.45) is -2.88. The zero-order valence-corrected chi connectivity index (χ0v) is 16.9. The first-order chi connectivity index (χ1) is 13.7. The van der Waals surface area contributed by atoms with Crippen LogP contribution in [-0.4, -0.2) is 45.0 Å². The van der Waals surface area contributed by atoms with Gasteiger partial charge in [0.25, 0.3) is 0 Å². The molecular weight excluding hydrogens is 427 g/mol. The summed E-state index contributed by atoms with van der Waals surface area (Å²) in [5, 5.41) is 3.63. The molecule has 1 fully saturated rings. The van der Waals surface area contributed by atoms with Gasteiger partial charge in [-0.2, -0.15) is 13.2 Å². The Labute approximate surface area is 170 Å². The number of carbonyl (C=O) groups is 1. The van der Waals surface area contributed by atoms with E-state index in [-0.39, 0.29) is 23.2 Å². The first-order valence-corrected chi connectivity index (χ1v) is 11.3. The number of sulfonamides is 1. The topological polar surface area (TPSA) is 78.5 Å². The maximum Gasteiger partial charge on any atom is 0.471 e. The van der Waals surface area contributed by atoms with Crippen molar-refractivity contribution in [3.8, 4) is 0 Å². The number of rotatable bonds is 7. The Morgan fingerprint density at radius 2 is 1.79 bits per heavy atom. The molecule has 0 saturated carbocycles. The van der Waals surface area contributed by atoms with Crippen LogP contribution >= 0.6 is 11.3 Å². The van der Waals surface area contributed by atoms with E-state index in [1.54, 1.807) is 16.7 Å². The first kappa shape index (κ1) is 21.8. The Hall–Kier alpha value is -1.95. The van der Waals surface area contributed by atoms with Crippen LogP contribution in [0, 0.1) is 0 Å². The van der Waals surface area contributed by atoms with Crippen molar-refractivity contribution < 1.29 is 26.4 Å². The van der Waals surface area contributed by atoms with Gasteiger partial charge < -0.3 is 5.32 Å². The maximum atomic E-state index is 12.6. The number of nitrogens with one attached hydrogen (secondary N) is 2. The lowest BCUT2D eigenvalue weighted by Crippen LogP contribution is -2.36. The van der Waals surface area contributed by atoms with Crippen molar-refractivity contribution in [3.05, 3.63) is 46.7 Å². The van der Waals surface area contributed by atoms with Gasteiger partial charge in [0.15, 0.2) is 0 Å². The van der Waals surface area contributed by atoms with E-state index >= 15 is 0 Å². The van der Waals surface area contributed by atoms with E-state index < -0.39 is 22.1 Å². The molecule has 1 aliphatic rings. The van der Waals surface area contributed by atoms with Crippen molar-refractivity contribution in [3.63, 3.8) is 0 Å².